The number of rotatable bonds is 5. The molecular weight excluding hydrogens is 208 g/mol. The Morgan fingerprint density at radius 3 is 2.67 bits per heavy atom. The van der Waals surface area contributed by atoms with Crippen molar-refractivity contribution in [3.63, 3.8) is 0 Å². The highest BCUT2D eigenvalue weighted by Crippen LogP contribution is 2.06. The van der Waals surface area contributed by atoms with Crippen LogP contribution >= 0.6 is 11.6 Å². The van der Waals surface area contributed by atoms with Gasteiger partial charge in [-0.15, -0.1) is 11.6 Å². The highest BCUT2D eigenvalue weighted by atomic mass is 35.5. The maximum Gasteiger partial charge on any atom is 0.0380 e. The van der Waals surface area contributed by atoms with Gasteiger partial charge in [0.2, 0.25) is 0 Å². The van der Waals surface area contributed by atoms with E-state index in [0.29, 0.717) is 17.8 Å². The third kappa shape index (κ3) is 4.18. The average molecular weight is 227 g/mol. The summed E-state index contributed by atoms with van der Waals surface area (Å²) in [6.07, 6.45) is 3.76. The van der Waals surface area contributed by atoms with Gasteiger partial charge in [0.05, 0.1) is 0 Å². The quantitative estimate of drug-likeness (QED) is 0.781. The Labute approximate surface area is 97.1 Å². The molecule has 0 saturated carbocycles. The number of aryl methyl sites for hydroxylation is 1. The summed E-state index contributed by atoms with van der Waals surface area (Å²) in [6.45, 7) is 7.24. The van der Waals surface area contributed by atoms with E-state index in [9.17, 15) is 0 Å². The van der Waals surface area contributed by atoms with E-state index >= 15 is 0 Å². The maximum atomic E-state index is 5.88. The molecule has 1 N–H and O–H groups in total. The molecule has 0 spiro atoms. The Morgan fingerprint density at radius 2 is 2.13 bits per heavy atom. The van der Waals surface area contributed by atoms with Crippen LogP contribution in [0, 0.1) is 12.8 Å². The molecule has 1 aromatic heterocycles. The van der Waals surface area contributed by atoms with Gasteiger partial charge < -0.3 is 5.32 Å². The molecule has 1 rings (SSSR count). The van der Waals surface area contributed by atoms with Crippen molar-refractivity contribution in [2.75, 3.05) is 5.88 Å². The second-order valence-electron chi connectivity index (χ2n) is 4.26. The molecule has 0 amide bonds. The molecule has 0 saturated heterocycles. The summed E-state index contributed by atoms with van der Waals surface area (Å²) in [6, 6.07) is 2.51. The molecule has 1 aromatic rings. The van der Waals surface area contributed by atoms with Gasteiger partial charge in [0.1, 0.15) is 0 Å². The second-order valence-corrected chi connectivity index (χ2v) is 4.56. The molecule has 1 unspecified atom stereocenters. The predicted molar refractivity (Wildman–Crippen MR) is 65.2 cm³/mol. The van der Waals surface area contributed by atoms with Crippen molar-refractivity contribution < 1.29 is 0 Å². The number of hydrogen-bond acceptors (Lipinski definition) is 2. The largest absolute Gasteiger partial charge is 0.308 e. The van der Waals surface area contributed by atoms with Crippen molar-refractivity contribution in [1.29, 1.82) is 0 Å². The van der Waals surface area contributed by atoms with E-state index in [0.717, 1.165) is 6.54 Å². The summed E-state index contributed by atoms with van der Waals surface area (Å²) in [5, 5.41) is 3.44. The Kier molecular flexibility index (Phi) is 5.06. The van der Waals surface area contributed by atoms with Crippen molar-refractivity contribution in [3.05, 3.63) is 29.6 Å². The summed E-state index contributed by atoms with van der Waals surface area (Å²) in [5.74, 6) is 1.21. The van der Waals surface area contributed by atoms with E-state index in [2.05, 4.69) is 37.1 Å². The number of hydrogen-bond donors (Lipinski definition) is 1. The molecule has 0 radical (unpaired) electrons. The van der Waals surface area contributed by atoms with E-state index in [1.54, 1.807) is 0 Å². The van der Waals surface area contributed by atoms with Gasteiger partial charge in [-0.2, -0.15) is 0 Å². The number of nitrogens with zero attached hydrogens (tertiary/aromatic N) is 1. The first-order valence-electron chi connectivity index (χ1n) is 5.33. The summed E-state index contributed by atoms with van der Waals surface area (Å²) in [5.41, 5.74) is 2.41. The first kappa shape index (κ1) is 12.5. The first-order chi connectivity index (χ1) is 7.13. The van der Waals surface area contributed by atoms with Crippen LogP contribution in [-0.2, 0) is 6.54 Å². The van der Waals surface area contributed by atoms with Crippen LogP contribution in [0.3, 0.4) is 0 Å². The van der Waals surface area contributed by atoms with Gasteiger partial charge in [-0.1, -0.05) is 19.9 Å². The lowest BCUT2D eigenvalue weighted by molar-refractivity contribution is 0.430. The molecular formula is C12H19ClN2. The van der Waals surface area contributed by atoms with Crippen LogP contribution in [0.25, 0.3) is 0 Å². The smallest absolute Gasteiger partial charge is 0.0380 e. The molecule has 0 aliphatic carbocycles. The number of alkyl halides is 1. The third-order valence-electron chi connectivity index (χ3n) is 2.47. The molecule has 1 atom stereocenters. The molecule has 0 fully saturated rings. The standard InChI is InChI=1S/C12H19ClN2/c1-9(2)12(5-13)15-8-11-4-10(3)6-14-7-11/h4,6-7,9,12,15H,5,8H2,1-3H3. The summed E-state index contributed by atoms with van der Waals surface area (Å²) < 4.78 is 0. The minimum absolute atomic E-state index is 0.368. The fraction of sp³-hybridized carbons (Fsp3) is 0.583. The fourth-order valence-corrected chi connectivity index (χ4v) is 1.90. The van der Waals surface area contributed by atoms with Gasteiger partial charge in [-0.3, -0.25) is 4.98 Å². The maximum absolute atomic E-state index is 5.88. The Hall–Kier alpha value is -0.600. The van der Waals surface area contributed by atoms with Crippen molar-refractivity contribution in [1.82, 2.24) is 10.3 Å². The van der Waals surface area contributed by atoms with Gasteiger partial charge >= 0.3 is 0 Å². The zero-order valence-electron chi connectivity index (χ0n) is 9.63. The van der Waals surface area contributed by atoms with Crippen LogP contribution in [0.4, 0.5) is 0 Å². The topological polar surface area (TPSA) is 24.9 Å². The van der Waals surface area contributed by atoms with Gasteiger partial charge in [0.15, 0.2) is 0 Å². The van der Waals surface area contributed by atoms with Crippen LogP contribution in [0.5, 0.6) is 0 Å². The highest BCUT2D eigenvalue weighted by molar-refractivity contribution is 6.18. The molecule has 15 heavy (non-hydrogen) atoms. The molecule has 84 valence electrons. The Balaban J connectivity index is 2.49. The van der Waals surface area contributed by atoms with Crippen molar-refractivity contribution in [2.45, 2.75) is 33.4 Å². The van der Waals surface area contributed by atoms with E-state index in [1.807, 2.05) is 12.4 Å². The molecule has 0 aliphatic rings. The van der Waals surface area contributed by atoms with Gasteiger partial charge in [0, 0.05) is 30.9 Å². The minimum atomic E-state index is 0.368. The first-order valence-corrected chi connectivity index (χ1v) is 5.86. The van der Waals surface area contributed by atoms with E-state index in [4.69, 9.17) is 11.6 Å². The lowest BCUT2D eigenvalue weighted by Crippen LogP contribution is -2.34. The average Bonchev–Trinajstić information content (AvgIpc) is 2.18. The van der Waals surface area contributed by atoms with Gasteiger partial charge in [0.25, 0.3) is 0 Å². The molecule has 0 bridgehead atoms. The lowest BCUT2D eigenvalue weighted by Gasteiger charge is -2.19. The zero-order valence-corrected chi connectivity index (χ0v) is 10.4. The van der Waals surface area contributed by atoms with E-state index in [-0.39, 0.29) is 0 Å². The second kappa shape index (κ2) is 6.09. The molecule has 3 heteroatoms. The Bertz CT molecular complexity index is 299. The zero-order chi connectivity index (χ0) is 11.3. The number of pyridine rings is 1. The molecule has 0 aromatic carbocycles. The van der Waals surface area contributed by atoms with Crippen molar-refractivity contribution in [2.24, 2.45) is 5.92 Å². The minimum Gasteiger partial charge on any atom is -0.308 e. The number of halogens is 1. The van der Waals surface area contributed by atoms with Gasteiger partial charge in [-0.05, 0) is 24.0 Å². The van der Waals surface area contributed by atoms with Crippen LogP contribution in [0.15, 0.2) is 18.5 Å². The molecule has 2 nitrogen and oxygen atoms in total. The van der Waals surface area contributed by atoms with E-state index < -0.39 is 0 Å². The lowest BCUT2D eigenvalue weighted by atomic mass is 10.1. The summed E-state index contributed by atoms with van der Waals surface area (Å²) in [7, 11) is 0. The van der Waals surface area contributed by atoms with Crippen LogP contribution in [0.1, 0.15) is 25.0 Å². The summed E-state index contributed by atoms with van der Waals surface area (Å²) in [4.78, 5) is 4.16. The van der Waals surface area contributed by atoms with Gasteiger partial charge in [-0.25, -0.2) is 0 Å². The van der Waals surface area contributed by atoms with Crippen LogP contribution < -0.4 is 5.32 Å². The summed E-state index contributed by atoms with van der Waals surface area (Å²) >= 11 is 5.88. The third-order valence-corrected chi connectivity index (χ3v) is 2.80. The Morgan fingerprint density at radius 1 is 1.40 bits per heavy atom. The van der Waals surface area contributed by atoms with Crippen LogP contribution in [-0.4, -0.2) is 16.9 Å². The molecule has 0 aliphatic heterocycles. The van der Waals surface area contributed by atoms with E-state index in [1.165, 1.54) is 11.1 Å². The molecule has 1 heterocycles. The highest BCUT2D eigenvalue weighted by Gasteiger charge is 2.10. The SMILES string of the molecule is Cc1cncc(CNC(CCl)C(C)C)c1. The van der Waals surface area contributed by atoms with Crippen molar-refractivity contribution in [3.8, 4) is 0 Å². The monoisotopic (exact) mass is 226 g/mol. The van der Waals surface area contributed by atoms with Crippen LogP contribution in [0.2, 0.25) is 0 Å². The fourth-order valence-electron chi connectivity index (χ4n) is 1.43. The number of aromatic nitrogens is 1. The predicted octanol–water partition coefficient (Wildman–Crippen LogP) is 2.74. The normalized spacial score (nSPS) is 13.1. The van der Waals surface area contributed by atoms with Crippen molar-refractivity contribution >= 4 is 11.6 Å². The number of nitrogens with one attached hydrogen (secondary N) is 1.